The average Bonchev–Trinajstić information content (AvgIpc) is 3.27. The number of hydrogen-bond acceptors (Lipinski definition) is 4. The first-order valence-electron chi connectivity index (χ1n) is 9.45. The molecule has 0 radical (unpaired) electrons. The van der Waals surface area contributed by atoms with Gasteiger partial charge < -0.3 is 15.6 Å². The van der Waals surface area contributed by atoms with Gasteiger partial charge in [-0.25, -0.2) is 0 Å². The number of anilines is 1. The molecule has 30 heavy (non-hydrogen) atoms. The second-order valence-corrected chi connectivity index (χ2v) is 6.64. The van der Waals surface area contributed by atoms with Crippen molar-refractivity contribution < 1.29 is 4.79 Å². The van der Waals surface area contributed by atoms with Gasteiger partial charge in [0.25, 0.3) is 0 Å². The predicted molar refractivity (Wildman–Crippen MR) is 124 cm³/mol. The third-order valence-electron chi connectivity index (χ3n) is 4.08. The van der Waals surface area contributed by atoms with E-state index < -0.39 is 0 Å². The van der Waals surface area contributed by atoms with E-state index in [1.54, 1.807) is 18.3 Å². The Kier molecular flexibility index (Phi) is 8.32. The van der Waals surface area contributed by atoms with Crippen molar-refractivity contribution in [3.8, 4) is 11.3 Å². The van der Waals surface area contributed by atoms with E-state index in [1.165, 1.54) is 12.3 Å². The number of hydrogen-bond donors (Lipinski definition) is 3. The Labute approximate surface area is 177 Å². The van der Waals surface area contributed by atoms with E-state index >= 15 is 0 Å². The van der Waals surface area contributed by atoms with Crippen molar-refractivity contribution in [1.29, 1.82) is 5.41 Å². The molecule has 6 heteroatoms. The fourth-order valence-corrected chi connectivity index (χ4v) is 2.79. The lowest BCUT2D eigenvalue weighted by Gasteiger charge is -2.11. The minimum atomic E-state index is -0.260. The molecule has 3 N–H and O–H groups in total. The number of aromatic amines is 1. The highest BCUT2D eigenvalue weighted by Gasteiger charge is 2.06. The second-order valence-electron chi connectivity index (χ2n) is 6.64. The molecule has 0 saturated heterocycles. The maximum Gasteiger partial charge on any atom is 0.248 e. The summed E-state index contributed by atoms with van der Waals surface area (Å²) in [5.74, 6) is -0.260. The van der Waals surface area contributed by atoms with Crippen LogP contribution < -0.4 is 5.32 Å². The highest BCUT2D eigenvalue weighted by molar-refractivity contribution is 6.00. The summed E-state index contributed by atoms with van der Waals surface area (Å²) in [5, 5.41) is 17.5. The van der Waals surface area contributed by atoms with Crippen molar-refractivity contribution >= 4 is 17.8 Å². The third kappa shape index (κ3) is 6.31. The number of amides is 1. The third-order valence-corrected chi connectivity index (χ3v) is 4.08. The van der Waals surface area contributed by atoms with Gasteiger partial charge in [0.1, 0.15) is 0 Å². The zero-order valence-corrected chi connectivity index (χ0v) is 17.5. The van der Waals surface area contributed by atoms with Crippen LogP contribution in [0.2, 0.25) is 0 Å². The lowest BCUT2D eigenvalue weighted by atomic mass is 9.99. The van der Waals surface area contributed by atoms with Gasteiger partial charge in [0, 0.05) is 55.6 Å². The van der Waals surface area contributed by atoms with Crippen molar-refractivity contribution in [2.75, 3.05) is 19.4 Å². The SMILES string of the molecule is C=CC(/C=C/C(=O)Nc1cccc(-c2ccn[nH]2)c1)=C(\C=C/C)C(/C=N)=C/N(C)C. The smallest absolute Gasteiger partial charge is 0.248 e. The van der Waals surface area contributed by atoms with Crippen LogP contribution in [-0.4, -0.2) is 41.3 Å². The van der Waals surface area contributed by atoms with Crippen LogP contribution in [0.3, 0.4) is 0 Å². The van der Waals surface area contributed by atoms with Crippen LogP contribution in [-0.2, 0) is 4.79 Å². The van der Waals surface area contributed by atoms with Crippen LogP contribution in [0.15, 0.2) is 96.4 Å². The van der Waals surface area contributed by atoms with Crippen LogP contribution in [0.4, 0.5) is 5.69 Å². The number of aromatic nitrogens is 2. The topological polar surface area (TPSA) is 84.9 Å². The molecular formula is C24H27N5O. The zero-order valence-electron chi connectivity index (χ0n) is 17.5. The van der Waals surface area contributed by atoms with Crippen molar-refractivity contribution in [1.82, 2.24) is 15.1 Å². The molecule has 6 nitrogen and oxygen atoms in total. The molecule has 0 aliphatic rings. The van der Waals surface area contributed by atoms with Crippen molar-refractivity contribution in [2.24, 2.45) is 0 Å². The molecule has 1 amide bonds. The summed E-state index contributed by atoms with van der Waals surface area (Å²) in [7, 11) is 3.79. The number of benzene rings is 1. The van der Waals surface area contributed by atoms with Crippen LogP contribution >= 0.6 is 0 Å². The summed E-state index contributed by atoms with van der Waals surface area (Å²) in [6, 6.07) is 9.39. The molecule has 0 unspecified atom stereocenters. The highest BCUT2D eigenvalue weighted by atomic mass is 16.1. The number of H-pyrrole nitrogens is 1. The van der Waals surface area contributed by atoms with Crippen LogP contribution in [0, 0.1) is 5.41 Å². The van der Waals surface area contributed by atoms with Gasteiger partial charge in [-0.2, -0.15) is 5.10 Å². The van der Waals surface area contributed by atoms with E-state index in [1.807, 2.05) is 74.6 Å². The Balaban J connectivity index is 2.25. The normalized spacial score (nSPS) is 12.7. The number of nitrogens with zero attached hydrogens (tertiary/aromatic N) is 2. The van der Waals surface area contributed by atoms with Crippen molar-refractivity contribution in [3.63, 3.8) is 0 Å². The maximum atomic E-state index is 12.5. The number of carbonyl (C=O) groups is 1. The molecule has 0 spiro atoms. The van der Waals surface area contributed by atoms with Gasteiger partial charge in [-0.3, -0.25) is 9.89 Å². The average molecular weight is 402 g/mol. The number of carbonyl (C=O) groups excluding carboxylic acids is 1. The van der Waals surface area contributed by atoms with Gasteiger partial charge in [0.2, 0.25) is 5.91 Å². The summed E-state index contributed by atoms with van der Waals surface area (Å²) in [4.78, 5) is 14.3. The first-order chi connectivity index (χ1) is 14.5. The minimum Gasteiger partial charge on any atom is -0.383 e. The predicted octanol–water partition coefficient (Wildman–Crippen LogP) is 4.73. The molecule has 154 valence electrons. The molecule has 1 aromatic heterocycles. The molecule has 0 aliphatic heterocycles. The van der Waals surface area contributed by atoms with Crippen molar-refractivity contribution in [3.05, 3.63) is 96.4 Å². The van der Waals surface area contributed by atoms with Gasteiger partial charge in [0.15, 0.2) is 0 Å². The van der Waals surface area contributed by atoms with Gasteiger partial charge in [-0.1, -0.05) is 36.9 Å². The first kappa shape index (κ1) is 22.4. The summed E-state index contributed by atoms with van der Waals surface area (Å²) in [6.45, 7) is 5.77. The first-order valence-corrected chi connectivity index (χ1v) is 9.45. The van der Waals surface area contributed by atoms with Gasteiger partial charge in [-0.05, 0) is 42.3 Å². The lowest BCUT2D eigenvalue weighted by Crippen LogP contribution is -2.08. The molecule has 2 rings (SSSR count). The standard InChI is InChI=1S/C24H27N5O/c1-5-8-22(20(16-25)17-29(3)4)18(6-2)11-12-24(30)27-21-10-7-9-19(15-21)23-13-14-26-28-23/h5-17,25H,2H2,1,3-4H3,(H,26,28)(H,27,30)/b8-5-,12-11+,20-17+,22-18-,25-16?. The Morgan fingerprint density at radius 2 is 2.03 bits per heavy atom. The zero-order chi connectivity index (χ0) is 21.9. The van der Waals surface area contributed by atoms with Gasteiger partial charge in [0.05, 0.1) is 5.69 Å². The summed E-state index contributed by atoms with van der Waals surface area (Å²) in [5.41, 5.74) is 4.75. The molecule has 0 aliphatic carbocycles. The maximum absolute atomic E-state index is 12.5. The van der Waals surface area contributed by atoms with E-state index in [9.17, 15) is 4.79 Å². The highest BCUT2D eigenvalue weighted by Crippen LogP contribution is 2.21. The van der Waals surface area contributed by atoms with E-state index in [4.69, 9.17) is 5.41 Å². The van der Waals surface area contributed by atoms with Gasteiger partial charge in [-0.15, -0.1) is 0 Å². The van der Waals surface area contributed by atoms with E-state index in [-0.39, 0.29) is 5.91 Å². The Morgan fingerprint density at radius 1 is 1.23 bits per heavy atom. The van der Waals surface area contributed by atoms with Crippen LogP contribution in [0.5, 0.6) is 0 Å². The van der Waals surface area contributed by atoms with Crippen molar-refractivity contribution in [2.45, 2.75) is 6.92 Å². The molecule has 0 atom stereocenters. The lowest BCUT2D eigenvalue weighted by molar-refractivity contribution is -0.111. The minimum absolute atomic E-state index is 0.260. The molecular weight excluding hydrogens is 374 g/mol. The van der Waals surface area contributed by atoms with E-state index in [0.717, 1.165) is 22.4 Å². The van der Waals surface area contributed by atoms with E-state index in [0.29, 0.717) is 11.3 Å². The molecule has 0 bridgehead atoms. The molecule has 0 saturated carbocycles. The summed E-state index contributed by atoms with van der Waals surface area (Å²) < 4.78 is 0. The quantitative estimate of drug-likeness (QED) is 0.323. The second kappa shape index (κ2) is 11.2. The monoisotopic (exact) mass is 401 g/mol. The number of allylic oxidation sites excluding steroid dienone is 7. The van der Waals surface area contributed by atoms with E-state index in [2.05, 4.69) is 22.1 Å². The van der Waals surface area contributed by atoms with Crippen LogP contribution in [0.1, 0.15) is 6.92 Å². The molecule has 1 aromatic carbocycles. The summed E-state index contributed by atoms with van der Waals surface area (Å²) >= 11 is 0. The van der Waals surface area contributed by atoms with Gasteiger partial charge >= 0.3 is 0 Å². The Bertz CT molecular complexity index is 1010. The molecule has 1 heterocycles. The number of nitrogens with one attached hydrogen (secondary N) is 3. The number of rotatable bonds is 9. The Morgan fingerprint density at radius 3 is 2.63 bits per heavy atom. The fraction of sp³-hybridized carbons (Fsp3) is 0.125. The Hall–Kier alpha value is -3.93. The van der Waals surface area contributed by atoms with Crippen LogP contribution in [0.25, 0.3) is 11.3 Å². The fourth-order valence-electron chi connectivity index (χ4n) is 2.79. The molecule has 2 aromatic rings. The summed E-state index contributed by atoms with van der Waals surface area (Å²) in [6.07, 6.45) is 13.4. The molecule has 0 fully saturated rings. The largest absolute Gasteiger partial charge is 0.383 e.